The van der Waals surface area contributed by atoms with Gasteiger partial charge in [0.25, 0.3) is 5.56 Å². The lowest BCUT2D eigenvalue weighted by atomic mass is 10.2. The molecule has 2 heterocycles. The summed E-state index contributed by atoms with van der Waals surface area (Å²) in [6.45, 7) is 10.6. The van der Waals surface area contributed by atoms with Gasteiger partial charge < -0.3 is 15.2 Å². The third-order valence-corrected chi connectivity index (χ3v) is 5.78. The average molecular weight is 452 g/mol. The SMILES string of the molecule is CCCCN(C(=O)CSc1nnc(C(C)C)n1C)c1c(N)n(CC(C)C)c(=O)[nH]c1=O. The molecule has 0 saturated carbocycles. The highest BCUT2D eigenvalue weighted by atomic mass is 32.2. The fourth-order valence-electron chi connectivity index (χ4n) is 3.22. The number of carbonyl (C=O) groups is 1. The van der Waals surface area contributed by atoms with Crippen LogP contribution < -0.4 is 21.9 Å². The summed E-state index contributed by atoms with van der Waals surface area (Å²) in [6.07, 6.45) is 1.53. The lowest BCUT2D eigenvalue weighted by Gasteiger charge is -2.24. The monoisotopic (exact) mass is 451 g/mol. The number of anilines is 2. The van der Waals surface area contributed by atoms with Crippen LogP contribution in [-0.4, -0.2) is 42.5 Å². The van der Waals surface area contributed by atoms with Crippen LogP contribution in [0.1, 0.15) is 59.2 Å². The minimum atomic E-state index is -0.655. The summed E-state index contributed by atoms with van der Waals surface area (Å²) in [5.74, 6) is 0.983. The van der Waals surface area contributed by atoms with E-state index in [0.29, 0.717) is 24.7 Å². The van der Waals surface area contributed by atoms with E-state index in [1.165, 1.54) is 21.2 Å². The van der Waals surface area contributed by atoms with Gasteiger partial charge in [-0.05, 0) is 12.3 Å². The van der Waals surface area contributed by atoms with Gasteiger partial charge in [-0.15, -0.1) is 10.2 Å². The largest absolute Gasteiger partial charge is 0.383 e. The number of nitrogen functional groups attached to an aromatic ring is 1. The number of nitrogens with one attached hydrogen (secondary N) is 1. The number of carbonyl (C=O) groups excluding carboxylic acids is 1. The third kappa shape index (κ3) is 5.78. The van der Waals surface area contributed by atoms with Crippen molar-refractivity contribution in [1.82, 2.24) is 24.3 Å². The van der Waals surface area contributed by atoms with E-state index >= 15 is 0 Å². The Hall–Kier alpha value is -2.56. The predicted molar refractivity (Wildman–Crippen MR) is 124 cm³/mol. The van der Waals surface area contributed by atoms with Gasteiger partial charge in [0.2, 0.25) is 5.91 Å². The minimum absolute atomic E-state index is 0.0117. The molecule has 172 valence electrons. The number of rotatable bonds is 10. The number of aromatic amines is 1. The Morgan fingerprint density at radius 1 is 1.23 bits per heavy atom. The van der Waals surface area contributed by atoms with Crippen LogP contribution in [0.25, 0.3) is 0 Å². The van der Waals surface area contributed by atoms with Crippen molar-refractivity contribution in [1.29, 1.82) is 0 Å². The molecule has 31 heavy (non-hydrogen) atoms. The molecule has 10 nitrogen and oxygen atoms in total. The van der Waals surface area contributed by atoms with Gasteiger partial charge >= 0.3 is 5.69 Å². The first-order valence-electron chi connectivity index (χ1n) is 10.5. The number of nitrogens with zero attached hydrogens (tertiary/aromatic N) is 5. The van der Waals surface area contributed by atoms with Crippen molar-refractivity contribution >= 4 is 29.2 Å². The molecule has 0 aliphatic heterocycles. The lowest BCUT2D eigenvalue weighted by molar-refractivity contribution is -0.116. The fraction of sp³-hybridized carbons (Fsp3) is 0.650. The highest BCUT2D eigenvalue weighted by molar-refractivity contribution is 7.99. The molecule has 2 rings (SSSR count). The van der Waals surface area contributed by atoms with Crippen LogP contribution in [0.2, 0.25) is 0 Å². The summed E-state index contributed by atoms with van der Waals surface area (Å²) in [4.78, 5) is 41.7. The van der Waals surface area contributed by atoms with E-state index in [9.17, 15) is 14.4 Å². The van der Waals surface area contributed by atoms with Crippen molar-refractivity contribution in [2.45, 2.75) is 65.1 Å². The van der Waals surface area contributed by atoms with Crippen molar-refractivity contribution in [2.24, 2.45) is 13.0 Å². The second kappa shape index (κ2) is 10.7. The number of aromatic nitrogens is 5. The molecule has 0 unspecified atom stereocenters. The molecule has 0 atom stereocenters. The number of hydrogen-bond acceptors (Lipinski definition) is 7. The summed E-state index contributed by atoms with van der Waals surface area (Å²) in [6, 6.07) is 0. The lowest BCUT2D eigenvalue weighted by Crippen LogP contribution is -2.42. The van der Waals surface area contributed by atoms with Crippen LogP contribution in [0.3, 0.4) is 0 Å². The number of H-pyrrole nitrogens is 1. The summed E-state index contributed by atoms with van der Waals surface area (Å²) >= 11 is 1.26. The van der Waals surface area contributed by atoms with Crippen molar-refractivity contribution in [3.63, 3.8) is 0 Å². The van der Waals surface area contributed by atoms with Gasteiger partial charge in [-0.3, -0.25) is 19.1 Å². The van der Waals surface area contributed by atoms with Gasteiger partial charge in [-0.1, -0.05) is 52.8 Å². The van der Waals surface area contributed by atoms with Gasteiger partial charge in [0.15, 0.2) is 10.8 Å². The Bertz CT molecular complexity index is 1020. The first kappa shape index (κ1) is 24.7. The highest BCUT2D eigenvalue weighted by Crippen LogP contribution is 2.23. The van der Waals surface area contributed by atoms with Crippen molar-refractivity contribution < 1.29 is 4.79 Å². The van der Waals surface area contributed by atoms with Crippen LogP contribution in [0.5, 0.6) is 0 Å². The van der Waals surface area contributed by atoms with Crippen LogP contribution in [-0.2, 0) is 18.4 Å². The zero-order valence-electron chi connectivity index (χ0n) is 19.1. The Morgan fingerprint density at radius 3 is 2.45 bits per heavy atom. The number of amides is 1. The Balaban J connectivity index is 2.36. The van der Waals surface area contributed by atoms with Gasteiger partial charge in [-0.25, -0.2) is 4.79 Å². The fourth-order valence-corrected chi connectivity index (χ4v) is 4.02. The zero-order chi connectivity index (χ0) is 23.3. The number of thioether (sulfide) groups is 1. The highest BCUT2D eigenvalue weighted by Gasteiger charge is 2.25. The van der Waals surface area contributed by atoms with E-state index in [2.05, 4.69) is 15.2 Å². The van der Waals surface area contributed by atoms with Crippen LogP contribution in [0.4, 0.5) is 11.5 Å². The van der Waals surface area contributed by atoms with Gasteiger partial charge in [-0.2, -0.15) is 0 Å². The quantitative estimate of drug-likeness (QED) is 0.528. The molecule has 3 N–H and O–H groups in total. The molecule has 0 bridgehead atoms. The zero-order valence-corrected chi connectivity index (χ0v) is 20.0. The van der Waals surface area contributed by atoms with Crippen LogP contribution >= 0.6 is 11.8 Å². The van der Waals surface area contributed by atoms with Gasteiger partial charge in [0.05, 0.1) is 5.75 Å². The average Bonchev–Trinajstić information content (AvgIpc) is 3.06. The van der Waals surface area contributed by atoms with Crippen LogP contribution in [0.15, 0.2) is 14.7 Å². The smallest absolute Gasteiger partial charge is 0.330 e. The molecule has 0 aromatic carbocycles. The summed E-state index contributed by atoms with van der Waals surface area (Å²) in [5, 5.41) is 8.97. The maximum atomic E-state index is 13.1. The van der Waals surface area contributed by atoms with E-state index in [4.69, 9.17) is 5.73 Å². The van der Waals surface area contributed by atoms with Gasteiger partial charge in [0.1, 0.15) is 11.6 Å². The molecule has 0 spiro atoms. The van der Waals surface area contributed by atoms with E-state index in [-0.39, 0.29) is 35.0 Å². The summed E-state index contributed by atoms with van der Waals surface area (Å²) in [7, 11) is 1.86. The van der Waals surface area contributed by atoms with Crippen molar-refractivity contribution in [3.05, 3.63) is 26.7 Å². The van der Waals surface area contributed by atoms with Crippen molar-refractivity contribution in [2.75, 3.05) is 22.9 Å². The molecular weight excluding hydrogens is 418 g/mol. The van der Waals surface area contributed by atoms with E-state index in [0.717, 1.165) is 12.2 Å². The number of unbranched alkanes of at least 4 members (excludes halogenated alkanes) is 1. The normalized spacial score (nSPS) is 11.5. The summed E-state index contributed by atoms with van der Waals surface area (Å²) in [5.41, 5.74) is 5.03. The number of nitrogens with two attached hydrogens (primary N) is 1. The molecular formula is C20H33N7O3S. The predicted octanol–water partition coefficient (Wildman–Crippen LogP) is 1.95. The molecule has 2 aromatic heterocycles. The van der Waals surface area contributed by atoms with Gasteiger partial charge in [0, 0.05) is 26.1 Å². The van der Waals surface area contributed by atoms with Crippen LogP contribution in [0, 0.1) is 5.92 Å². The topological polar surface area (TPSA) is 132 Å². The van der Waals surface area contributed by atoms with E-state index in [1.807, 2.05) is 46.2 Å². The Morgan fingerprint density at radius 2 is 1.90 bits per heavy atom. The minimum Gasteiger partial charge on any atom is -0.383 e. The molecule has 0 fully saturated rings. The first-order chi connectivity index (χ1) is 14.6. The standard InChI is InChI=1S/C20H33N7O3S/c1-7-8-9-26(14(28)11-31-20-24-23-17(13(4)5)25(20)6)15-16(21)27(10-12(2)3)19(30)22-18(15)29/h12-13H,7-11,21H2,1-6H3,(H,22,29,30). The molecule has 0 radical (unpaired) electrons. The Kier molecular flexibility index (Phi) is 8.49. The second-order valence-corrected chi connectivity index (χ2v) is 9.18. The maximum Gasteiger partial charge on any atom is 0.330 e. The molecule has 11 heteroatoms. The molecule has 2 aromatic rings. The van der Waals surface area contributed by atoms with E-state index in [1.54, 1.807) is 0 Å². The third-order valence-electron chi connectivity index (χ3n) is 4.78. The second-order valence-electron chi connectivity index (χ2n) is 8.24. The molecule has 0 aliphatic carbocycles. The molecule has 0 saturated heterocycles. The first-order valence-corrected chi connectivity index (χ1v) is 11.5. The van der Waals surface area contributed by atoms with E-state index < -0.39 is 11.2 Å². The summed E-state index contributed by atoms with van der Waals surface area (Å²) < 4.78 is 3.18. The Labute approximate surface area is 186 Å². The maximum absolute atomic E-state index is 13.1. The molecule has 1 amide bonds. The van der Waals surface area contributed by atoms with Crippen molar-refractivity contribution in [3.8, 4) is 0 Å². The molecule has 0 aliphatic rings. The number of hydrogen-bond donors (Lipinski definition) is 2.